The number of rotatable bonds is 32. The molecule has 0 atom stereocenters. The molecule has 0 spiro atoms. The molecule has 7 heterocycles. The molecule has 1 fully saturated rings. The molecule has 0 amide bonds. The quantitative estimate of drug-likeness (QED) is 0.0172. The highest BCUT2D eigenvalue weighted by molar-refractivity contribution is 14.1. The maximum absolute atomic E-state index is 8.00. The van der Waals surface area contributed by atoms with Gasteiger partial charge in [-0.25, -0.2) is 0 Å². The van der Waals surface area contributed by atoms with Crippen molar-refractivity contribution in [1.29, 1.82) is 0 Å². The summed E-state index contributed by atoms with van der Waals surface area (Å²) in [6.07, 6.45) is 5.99. The Bertz CT molecular complexity index is 5800. The highest BCUT2D eigenvalue weighted by Crippen LogP contribution is 2.50. The molecule has 1 aliphatic heterocycles. The van der Waals surface area contributed by atoms with E-state index in [9.17, 15) is 0 Å². The van der Waals surface area contributed by atoms with E-state index in [4.69, 9.17) is 56.7 Å². The van der Waals surface area contributed by atoms with Crippen LogP contribution in [0, 0.1) is 7.14 Å². The first-order valence-corrected chi connectivity index (χ1v) is 44.8. The summed E-state index contributed by atoms with van der Waals surface area (Å²) in [7, 11) is -0.497. The highest BCUT2D eigenvalue weighted by Gasteiger charge is 2.53. The van der Waals surface area contributed by atoms with Crippen molar-refractivity contribution in [3.8, 4) is 78.2 Å². The summed E-state index contributed by atoms with van der Waals surface area (Å²) in [6.45, 7) is 21.0. The number of halogens is 2. The lowest BCUT2D eigenvalue weighted by Crippen LogP contribution is -2.41. The molecule has 0 radical (unpaired) electrons. The van der Waals surface area contributed by atoms with E-state index in [0.717, 1.165) is 175 Å². The van der Waals surface area contributed by atoms with Gasteiger partial charge in [-0.1, -0.05) is 158 Å². The van der Waals surface area contributed by atoms with E-state index in [2.05, 4.69) is 297 Å². The Morgan fingerprint density at radius 2 is 0.627 bits per heavy atom. The largest absolute Gasteiger partial charge is 0.509 e. The zero-order valence-corrected chi connectivity index (χ0v) is 74.2. The van der Waals surface area contributed by atoms with Gasteiger partial charge in [-0.3, -0.25) is 0 Å². The van der Waals surface area contributed by atoms with Crippen molar-refractivity contribution in [1.82, 2.24) is 13.7 Å². The summed E-state index contributed by atoms with van der Waals surface area (Å²) in [5.74, 6) is 6.06. The molecule has 1 saturated heterocycles. The standard InChI is InChI=1S/C54H48N2O5S2.C25H28BNO4S.C17H18I2O2.CH2O/c1-3-57-36-61-52-48(56-45-28-14-8-22-39(45)40-23-9-15-29-46(40)56)35-63-54(52)42-25-11-17-31-50(42)60-33-19-5-18-32-59-49-30-16-10-24-41(49)53-51(58-4-2)47(34-62-53)55-43-26-12-6-20-37(43)38-21-7-13-27-44(38)55;1-6-28-16-29-22-21(15-32-23(22)26-30-24(2,3)25(4,5)31-26)27-19-13-9-7-11-17(19)18-12-8-10-14-20(18)27;18-14-8-2-4-10-16(14)20-12-6-1-7-13-21-17-11-5-3-9-15(17)19;1-2/h6-17,20-31,34-35H,3-5,18-19,32-33,36H2,1-2H3;7-15H,6,16H2,1-5H3;2-5,8-11H,1,6-7,12-13H2;1H2. The molecule has 118 heavy (non-hydrogen) atoms. The third-order valence-electron chi connectivity index (χ3n) is 21.0. The van der Waals surface area contributed by atoms with Crippen LogP contribution in [0.2, 0.25) is 0 Å². The van der Waals surface area contributed by atoms with Gasteiger partial charge < -0.3 is 70.4 Å². The third-order valence-corrected chi connectivity index (χ3v) is 25.7. The molecule has 1 aliphatic rings. The molecular weight excluding hydrogens is 1760 g/mol. The first-order valence-electron chi connectivity index (χ1n) is 40.0. The van der Waals surface area contributed by atoms with Crippen LogP contribution in [-0.4, -0.2) is 98.6 Å². The molecule has 0 saturated carbocycles. The number of fused-ring (bicyclic) bond motifs is 9. The zero-order valence-electron chi connectivity index (χ0n) is 67.4. The number of unbranched alkanes of at least 4 members (excludes halogenated alkanes) is 4. The summed E-state index contributed by atoms with van der Waals surface area (Å²) in [5, 5.41) is 13.8. The van der Waals surface area contributed by atoms with E-state index in [0.29, 0.717) is 33.0 Å². The molecule has 16 aromatic rings. The van der Waals surface area contributed by atoms with E-state index in [-0.39, 0.29) is 13.6 Å². The molecule has 15 nitrogen and oxygen atoms in total. The first kappa shape index (κ1) is 84.8. The number of benzene rings is 10. The van der Waals surface area contributed by atoms with Crippen molar-refractivity contribution >= 4 is 163 Å². The van der Waals surface area contributed by atoms with Crippen LogP contribution in [0.25, 0.3) is 103 Å². The minimum absolute atomic E-state index is 0.157. The van der Waals surface area contributed by atoms with E-state index >= 15 is 0 Å². The van der Waals surface area contributed by atoms with Crippen LogP contribution in [0.15, 0.2) is 259 Å². The fourth-order valence-corrected chi connectivity index (χ4v) is 18.7. The number of carbonyl (C=O) groups is 1. The first-order chi connectivity index (χ1) is 57.9. The second kappa shape index (κ2) is 40.4. The number of nitrogens with zero attached hydrogens (tertiary/aromatic N) is 3. The van der Waals surface area contributed by atoms with E-state index < -0.39 is 18.3 Å². The van der Waals surface area contributed by atoms with Crippen molar-refractivity contribution in [2.24, 2.45) is 0 Å². The number of hydrogen-bond acceptors (Lipinski definition) is 15. The second-order valence-electron chi connectivity index (χ2n) is 28.9. The minimum atomic E-state index is -0.497. The summed E-state index contributed by atoms with van der Waals surface area (Å²) in [4.78, 5) is 10.1. The number of hydrogen-bond donors (Lipinski definition) is 0. The number of aromatic nitrogens is 3. The molecule has 0 N–H and O–H groups in total. The van der Waals surface area contributed by atoms with Gasteiger partial charge in [0.2, 0.25) is 0 Å². The topological polar surface area (TPSA) is 133 Å². The predicted molar refractivity (Wildman–Crippen MR) is 503 cm³/mol. The molecule has 0 unspecified atom stereocenters. The summed E-state index contributed by atoms with van der Waals surface area (Å²) < 4.78 is 77.9. The molecule has 606 valence electrons. The molecule has 17 rings (SSSR count). The Hall–Kier alpha value is -9.67. The van der Waals surface area contributed by atoms with Crippen LogP contribution >= 0.6 is 79.2 Å². The summed E-state index contributed by atoms with van der Waals surface area (Å²) >= 11 is 9.55. The second-order valence-corrected chi connectivity index (χ2v) is 33.9. The Kier molecular flexibility index (Phi) is 29.0. The van der Waals surface area contributed by atoms with Gasteiger partial charge >= 0.3 is 7.12 Å². The molecule has 6 aromatic heterocycles. The predicted octanol–water partition coefficient (Wildman–Crippen LogP) is 25.6. The van der Waals surface area contributed by atoms with Gasteiger partial charge in [-0.2, -0.15) is 0 Å². The average molecular weight is 1860 g/mol. The Morgan fingerprint density at radius 1 is 0.339 bits per heavy atom. The van der Waals surface area contributed by atoms with Gasteiger partial charge in [0.1, 0.15) is 41.2 Å². The fraction of sp³-hybridized carbons (Fsp3) is 0.247. The van der Waals surface area contributed by atoms with E-state index in [1.807, 2.05) is 76.1 Å². The van der Waals surface area contributed by atoms with Crippen LogP contribution in [0.3, 0.4) is 0 Å². The molecule has 0 bridgehead atoms. The zero-order chi connectivity index (χ0) is 82.0. The van der Waals surface area contributed by atoms with Crippen LogP contribution in [0.5, 0.6) is 40.2 Å². The molecule has 21 heteroatoms. The number of thiophene rings is 3. The van der Waals surface area contributed by atoms with Gasteiger partial charge in [-0.15, -0.1) is 34.0 Å². The molecule has 10 aromatic carbocycles. The smallest absolute Gasteiger partial charge is 0.493 e. The van der Waals surface area contributed by atoms with E-state index in [1.165, 1.54) is 32.3 Å². The number of para-hydroxylation sites is 10. The van der Waals surface area contributed by atoms with Gasteiger partial charge in [-0.05, 0) is 217 Å². The maximum atomic E-state index is 8.00. The highest BCUT2D eigenvalue weighted by atomic mass is 127. The van der Waals surface area contributed by atoms with Crippen LogP contribution in [0.4, 0.5) is 0 Å². The summed E-state index contributed by atoms with van der Waals surface area (Å²) in [6, 6.07) is 84.0. The van der Waals surface area contributed by atoms with Crippen LogP contribution < -0.4 is 37.9 Å². The van der Waals surface area contributed by atoms with Gasteiger partial charge in [0.15, 0.2) is 30.8 Å². The van der Waals surface area contributed by atoms with Gasteiger partial charge in [0, 0.05) is 72.8 Å². The summed E-state index contributed by atoms with van der Waals surface area (Å²) in [5.41, 5.74) is 11.0. The maximum Gasteiger partial charge on any atom is 0.509 e. The van der Waals surface area contributed by atoms with Crippen molar-refractivity contribution < 1.29 is 56.7 Å². The SMILES string of the molecule is C=O.CCOCOc1c(-n2c3ccccc3c3ccccc32)csc1-c1ccccc1OCCCCCOc1ccccc1-c1scc(-n2c3ccccc3c3ccccc32)c1OCC.CCOCOc1c(-n2c3ccccc3c3ccccc32)csc1B1OC(C)(C)C(C)(C)O1.Ic1ccccc1OCCCCCOc1ccccc1I. The van der Waals surface area contributed by atoms with Crippen molar-refractivity contribution in [2.75, 3.05) is 59.8 Å². The fourth-order valence-electron chi connectivity index (χ4n) is 14.6. The van der Waals surface area contributed by atoms with Crippen LogP contribution in [-0.2, 0) is 23.6 Å². The van der Waals surface area contributed by atoms with Crippen molar-refractivity contribution in [3.05, 3.63) is 266 Å². The Balaban J connectivity index is 0.000000171. The lowest BCUT2D eigenvalue weighted by molar-refractivity contribution is -0.0980. The lowest BCUT2D eigenvalue weighted by Gasteiger charge is -2.32. The van der Waals surface area contributed by atoms with E-state index in [1.54, 1.807) is 34.0 Å². The normalized spacial score (nSPS) is 12.8. The minimum Gasteiger partial charge on any atom is -0.493 e. The van der Waals surface area contributed by atoms with Crippen molar-refractivity contribution in [2.45, 2.75) is 98.2 Å². The third kappa shape index (κ3) is 18.7. The van der Waals surface area contributed by atoms with Gasteiger partial charge in [0.25, 0.3) is 0 Å². The van der Waals surface area contributed by atoms with Crippen molar-refractivity contribution in [3.63, 3.8) is 0 Å². The Labute approximate surface area is 729 Å². The van der Waals surface area contributed by atoms with Crippen LogP contribution in [0.1, 0.15) is 87.0 Å². The average Bonchev–Trinajstić information content (AvgIpc) is 1.59. The lowest BCUT2D eigenvalue weighted by atomic mass is 9.87. The Morgan fingerprint density at radius 3 is 0.975 bits per heavy atom. The molecular formula is C97H96BI2N3O12S3. The van der Waals surface area contributed by atoms with Gasteiger partial charge in [0.05, 0.1) is 105 Å². The number of carbonyl (C=O) groups excluding carboxylic acids is 1. The molecule has 0 aliphatic carbocycles. The number of ether oxygens (including phenoxy) is 9. The monoisotopic (exact) mass is 1860 g/mol.